The molecular weight excluding hydrogens is 496 g/mol. The molecule has 2 aromatic carbocycles. The molecular formula is C24H20F4N6O3. The number of phenols is 1. The second-order valence-electron chi connectivity index (χ2n) is 8.54. The highest BCUT2D eigenvalue weighted by atomic mass is 19.4. The summed E-state index contributed by atoms with van der Waals surface area (Å²) in [5.74, 6) is -1.07. The van der Waals surface area contributed by atoms with E-state index in [-0.39, 0.29) is 23.2 Å². The fourth-order valence-electron chi connectivity index (χ4n) is 4.49. The number of aromatic nitrogens is 4. The van der Waals surface area contributed by atoms with Crippen LogP contribution in [0.25, 0.3) is 11.2 Å². The van der Waals surface area contributed by atoms with Gasteiger partial charge in [0, 0.05) is 23.2 Å². The zero-order valence-corrected chi connectivity index (χ0v) is 19.0. The van der Waals surface area contributed by atoms with Gasteiger partial charge in [-0.3, -0.25) is 0 Å². The number of nitrogens with one attached hydrogen (secondary N) is 3. The number of anilines is 1. The van der Waals surface area contributed by atoms with Gasteiger partial charge in [-0.15, -0.1) is 0 Å². The molecule has 0 unspecified atom stereocenters. The second-order valence-corrected chi connectivity index (χ2v) is 8.54. The lowest BCUT2D eigenvalue weighted by Crippen LogP contribution is -2.39. The summed E-state index contributed by atoms with van der Waals surface area (Å²) in [7, 11) is 0. The quantitative estimate of drug-likeness (QED) is 0.261. The minimum absolute atomic E-state index is 0.00851. The predicted molar refractivity (Wildman–Crippen MR) is 124 cm³/mol. The van der Waals surface area contributed by atoms with Crippen molar-refractivity contribution >= 4 is 22.9 Å². The van der Waals surface area contributed by atoms with E-state index in [9.17, 15) is 27.5 Å². The largest absolute Gasteiger partial charge is 0.508 e. The lowest BCUT2D eigenvalue weighted by molar-refractivity contribution is -0.139. The van der Waals surface area contributed by atoms with E-state index in [0.29, 0.717) is 47.5 Å². The van der Waals surface area contributed by atoms with Crippen LogP contribution >= 0.6 is 0 Å². The molecule has 0 saturated heterocycles. The molecule has 1 aliphatic carbocycles. The molecule has 0 radical (unpaired) electrons. The summed E-state index contributed by atoms with van der Waals surface area (Å²) in [6.45, 7) is 0. The number of rotatable bonds is 5. The third-order valence-corrected chi connectivity index (χ3v) is 6.16. The Morgan fingerprint density at radius 1 is 1.11 bits per heavy atom. The molecule has 5 rings (SSSR count). The number of carbonyl (C=O) groups is 1. The first-order valence-electron chi connectivity index (χ1n) is 11.3. The van der Waals surface area contributed by atoms with Crippen molar-refractivity contribution in [2.45, 2.75) is 37.4 Å². The van der Waals surface area contributed by atoms with Crippen molar-refractivity contribution in [3.63, 3.8) is 0 Å². The molecule has 192 valence electrons. The van der Waals surface area contributed by atoms with Crippen LogP contribution in [0.1, 0.15) is 36.3 Å². The zero-order valence-electron chi connectivity index (χ0n) is 19.0. The number of urea groups is 1. The Bertz CT molecular complexity index is 1460. The van der Waals surface area contributed by atoms with E-state index in [1.807, 2.05) is 0 Å². The number of imidazole rings is 1. The van der Waals surface area contributed by atoms with Crippen molar-refractivity contribution in [1.82, 2.24) is 25.3 Å². The molecule has 0 spiro atoms. The highest BCUT2D eigenvalue weighted by molar-refractivity contribution is 5.89. The molecule has 2 amide bonds. The number of hydrogen-bond donors (Lipinski definition) is 4. The minimum Gasteiger partial charge on any atom is -0.508 e. The Hall–Kier alpha value is -4.42. The van der Waals surface area contributed by atoms with Gasteiger partial charge < -0.3 is 25.5 Å². The number of fused-ring (bicyclic) bond motifs is 1. The van der Waals surface area contributed by atoms with Gasteiger partial charge in [-0.1, -0.05) is 6.42 Å². The van der Waals surface area contributed by atoms with Crippen molar-refractivity contribution in [2.75, 3.05) is 5.32 Å². The van der Waals surface area contributed by atoms with E-state index >= 15 is 0 Å². The maximum absolute atomic E-state index is 13.5. The van der Waals surface area contributed by atoms with Crippen molar-refractivity contribution in [1.29, 1.82) is 0 Å². The highest BCUT2D eigenvalue weighted by Gasteiger charge is 2.35. The third kappa shape index (κ3) is 5.10. The molecule has 1 aliphatic rings. The van der Waals surface area contributed by atoms with Gasteiger partial charge in [0.25, 0.3) is 0 Å². The zero-order chi connectivity index (χ0) is 26.2. The number of phenolic OH excluding ortho intramolecular Hbond substituents is 1. The number of amides is 2. The number of halogens is 4. The molecule has 9 nitrogen and oxygen atoms in total. The van der Waals surface area contributed by atoms with Crippen LogP contribution in [0.2, 0.25) is 0 Å². The van der Waals surface area contributed by atoms with E-state index in [1.54, 1.807) is 12.1 Å². The molecule has 1 fully saturated rings. The average Bonchev–Trinajstić information content (AvgIpc) is 3.51. The first-order valence-corrected chi connectivity index (χ1v) is 11.3. The number of carbonyl (C=O) groups excluding carboxylic acids is 1. The lowest BCUT2D eigenvalue weighted by Gasteiger charge is -2.23. The number of H-pyrrole nitrogens is 1. The maximum Gasteiger partial charge on any atom is 0.419 e. The number of aromatic amines is 1. The van der Waals surface area contributed by atoms with Crippen molar-refractivity contribution in [3.05, 3.63) is 66.0 Å². The van der Waals surface area contributed by atoms with Gasteiger partial charge in [0.05, 0.1) is 11.9 Å². The summed E-state index contributed by atoms with van der Waals surface area (Å²) in [4.78, 5) is 27.7. The fourth-order valence-corrected chi connectivity index (χ4v) is 4.49. The number of hydrogen-bond acceptors (Lipinski definition) is 6. The van der Waals surface area contributed by atoms with Crippen LogP contribution in [-0.4, -0.2) is 37.1 Å². The third-order valence-electron chi connectivity index (χ3n) is 6.16. The molecule has 2 heterocycles. The molecule has 4 N–H and O–H groups in total. The monoisotopic (exact) mass is 516 g/mol. The van der Waals surface area contributed by atoms with Crippen LogP contribution in [0.15, 0.2) is 49.1 Å². The Morgan fingerprint density at radius 3 is 2.76 bits per heavy atom. The summed E-state index contributed by atoms with van der Waals surface area (Å²) in [6, 6.07) is 5.77. The van der Waals surface area contributed by atoms with Crippen LogP contribution in [0, 0.1) is 5.82 Å². The molecule has 0 bridgehead atoms. The fraction of sp³-hybridized carbons (Fsp3) is 0.250. The molecule has 1 saturated carbocycles. The van der Waals surface area contributed by atoms with E-state index in [2.05, 4.69) is 30.6 Å². The Balaban J connectivity index is 1.31. The van der Waals surface area contributed by atoms with Gasteiger partial charge in [0.15, 0.2) is 5.65 Å². The van der Waals surface area contributed by atoms with E-state index < -0.39 is 29.6 Å². The predicted octanol–water partition coefficient (Wildman–Crippen LogP) is 5.47. The molecule has 13 heteroatoms. The smallest absolute Gasteiger partial charge is 0.419 e. The number of aromatic hydroxyl groups is 1. The van der Waals surface area contributed by atoms with Crippen LogP contribution in [-0.2, 0) is 6.18 Å². The Morgan fingerprint density at radius 2 is 1.95 bits per heavy atom. The molecule has 2 atom stereocenters. The average molecular weight is 516 g/mol. The summed E-state index contributed by atoms with van der Waals surface area (Å²) >= 11 is 0. The SMILES string of the molecule is O=C(Nc1ccc(F)c(C(F)(F)F)c1)N[C@@H]1CCC[C@H]1c1cc(Oc2ncnc3nc[nH]c23)ccc1O. The van der Waals surface area contributed by atoms with Crippen LogP contribution in [0.3, 0.4) is 0 Å². The second kappa shape index (κ2) is 9.56. The first kappa shape index (κ1) is 24.3. The van der Waals surface area contributed by atoms with E-state index in [1.165, 1.54) is 18.7 Å². The van der Waals surface area contributed by atoms with Gasteiger partial charge >= 0.3 is 12.2 Å². The summed E-state index contributed by atoms with van der Waals surface area (Å²) in [5.41, 5.74) is -0.200. The first-order chi connectivity index (χ1) is 17.7. The van der Waals surface area contributed by atoms with Gasteiger partial charge in [-0.25, -0.2) is 19.2 Å². The van der Waals surface area contributed by atoms with Crippen molar-refractivity contribution < 1.29 is 32.2 Å². The Kier molecular flexibility index (Phi) is 6.27. The van der Waals surface area contributed by atoms with E-state index in [0.717, 1.165) is 12.5 Å². The lowest BCUT2D eigenvalue weighted by atomic mass is 9.93. The van der Waals surface area contributed by atoms with Gasteiger partial charge in [-0.05, 0) is 49.2 Å². The number of benzene rings is 2. The number of alkyl halides is 3. The standard InChI is InChI=1S/C24H20F4N6O3/c25-17-6-4-12(8-16(17)24(26,27)28)33-23(36)34-18-3-1-2-14(18)15-9-13(5-7-19(15)35)37-22-20-21(30-10-29-20)31-11-32-22/h4-11,14,18,35H,1-3H2,(H2,33,34,36)(H,29,30,31,32)/t14-,18+/m0/s1. The molecule has 4 aromatic rings. The highest BCUT2D eigenvalue weighted by Crippen LogP contribution is 2.41. The summed E-state index contributed by atoms with van der Waals surface area (Å²) in [5, 5.41) is 15.6. The van der Waals surface area contributed by atoms with Crippen molar-refractivity contribution in [2.24, 2.45) is 0 Å². The van der Waals surface area contributed by atoms with Crippen molar-refractivity contribution in [3.8, 4) is 17.4 Å². The van der Waals surface area contributed by atoms with Gasteiger partial charge in [0.1, 0.15) is 29.2 Å². The normalized spacial score (nSPS) is 17.6. The minimum atomic E-state index is -4.89. The van der Waals surface area contributed by atoms with Crippen LogP contribution in [0.4, 0.5) is 28.0 Å². The summed E-state index contributed by atoms with van der Waals surface area (Å²) < 4.78 is 58.4. The van der Waals surface area contributed by atoms with Gasteiger partial charge in [-0.2, -0.15) is 18.2 Å². The molecule has 37 heavy (non-hydrogen) atoms. The molecule has 2 aromatic heterocycles. The van der Waals surface area contributed by atoms with Crippen LogP contribution in [0.5, 0.6) is 17.4 Å². The number of nitrogens with zero attached hydrogens (tertiary/aromatic N) is 3. The van der Waals surface area contributed by atoms with Crippen LogP contribution < -0.4 is 15.4 Å². The summed E-state index contributed by atoms with van der Waals surface area (Å²) in [6.07, 6.45) is -0.141. The maximum atomic E-state index is 13.5. The Labute approximate surface area is 206 Å². The topological polar surface area (TPSA) is 125 Å². The molecule has 0 aliphatic heterocycles. The van der Waals surface area contributed by atoms with E-state index in [4.69, 9.17) is 4.74 Å². The van der Waals surface area contributed by atoms with Gasteiger partial charge in [0.2, 0.25) is 5.88 Å². The number of ether oxygens (including phenoxy) is 1.